The van der Waals surface area contributed by atoms with Crippen LogP contribution in [0.4, 0.5) is 0 Å². The molecule has 0 saturated heterocycles. The van der Waals surface area contributed by atoms with Gasteiger partial charge in [-0.15, -0.1) is 0 Å². The van der Waals surface area contributed by atoms with E-state index < -0.39 is 11.5 Å². The van der Waals surface area contributed by atoms with Gasteiger partial charge < -0.3 is 15.5 Å². The molecule has 1 amide bonds. The van der Waals surface area contributed by atoms with Crippen LogP contribution in [0.5, 0.6) is 5.75 Å². The fourth-order valence-electron chi connectivity index (χ4n) is 3.80. The Balaban J connectivity index is 1.84. The number of nitrogens with one attached hydrogen (secondary N) is 1. The highest BCUT2D eigenvalue weighted by Crippen LogP contribution is 2.29. The molecule has 1 unspecified atom stereocenters. The lowest BCUT2D eigenvalue weighted by Crippen LogP contribution is -2.56. The van der Waals surface area contributed by atoms with Gasteiger partial charge in [-0.1, -0.05) is 79.7 Å². The summed E-state index contributed by atoms with van der Waals surface area (Å²) in [7, 11) is 0. The minimum atomic E-state index is -1.42. The number of phenols is 1. The quantitative estimate of drug-likeness (QED) is 0.478. The number of aromatic hydroxyl groups is 1. The second-order valence-electron chi connectivity index (χ2n) is 7.71. The predicted molar refractivity (Wildman–Crippen MR) is 120 cm³/mol. The highest BCUT2D eigenvalue weighted by Gasteiger charge is 2.39. The molecule has 0 aliphatic heterocycles. The second kappa shape index (κ2) is 9.94. The maximum Gasteiger partial charge on any atom is 0.329 e. The van der Waals surface area contributed by atoms with Crippen LogP contribution in [0.1, 0.15) is 42.4 Å². The number of hydrogen-bond acceptors (Lipinski definition) is 3. The van der Waals surface area contributed by atoms with Crippen LogP contribution < -0.4 is 5.32 Å². The van der Waals surface area contributed by atoms with E-state index in [1.54, 1.807) is 19.1 Å². The number of benzene rings is 3. The van der Waals surface area contributed by atoms with E-state index in [9.17, 15) is 19.8 Å². The number of rotatable bonds is 9. The first kappa shape index (κ1) is 22.1. The normalized spacial score (nSPS) is 12.8. The van der Waals surface area contributed by atoms with Crippen LogP contribution in [0.2, 0.25) is 0 Å². The zero-order valence-corrected chi connectivity index (χ0v) is 17.5. The minimum Gasteiger partial charge on any atom is -0.508 e. The Morgan fingerprint density at radius 2 is 1.39 bits per heavy atom. The van der Waals surface area contributed by atoms with Gasteiger partial charge in [0.1, 0.15) is 11.3 Å². The summed E-state index contributed by atoms with van der Waals surface area (Å²) in [6.45, 7) is 1.75. The average Bonchev–Trinajstić information content (AvgIpc) is 2.79. The molecule has 160 valence electrons. The Hall–Kier alpha value is -3.60. The molecule has 0 aliphatic rings. The molecular formula is C26H27NO4. The molecule has 1 atom stereocenters. The lowest BCUT2D eigenvalue weighted by Gasteiger charge is -2.30. The summed E-state index contributed by atoms with van der Waals surface area (Å²) >= 11 is 0. The molecule has 0 bridgehead atoms. The van der Waals surface area contributed by atoms with E-state index in [2.05, 4.69) is 5.32 Å². The number of hydrogen-bond donors (Lipinski definition) is 3. The lowest BCUT2D eigenvalue weighted by atomic mass is 9.85. The third kappa shape index (κ3) is 5.51. The number of amides is 1. The van der Waals surface area contributed by atoms with Crippen molar-refractivity contribution in [1.82, 2.24) is 5.32 Å². The summed E-state index contributed by atoms with van der Waals surface area (Å²) in [4.78, 5) is 25.3. The first-order valence-corrected chi connectivity index (χ1v) is 10.4. The average molecular weight is 418 g/mol. The van der Waals surface area contributed by atoms with Crippen LogP contribution in [0.25, 0.3) is 0 Å². The van der Waals surface area contributed by atoms with Crippen LogP contribution in [-0.4, -0.2) is 27.6 Å². The third-order valence-electron chi connectivity index (χ3n) is 5.63. The smallest absolute Gasteiger partial charge is 0.329 e. The van der Waals surface area contributed by atoms with Gasteiger partial charge in [-0.25, -0.2) is 4.79 Å². The summed E-state index contributed by atoms with van der Waals surface area (Å²) in [5.41, 5.74) is 1.30. The zero-order chi connectivity index (χ0) is 22.3. The molecule has 5 nitrogen and oxygen atoms in total. The van der Waals surface area contributed by atoms with Crippen molar-refractivity contribution in [2.45, 2.75) is 37.6 Å². The van der Waals surface area contributed by atoms with Crippen LogP contribution in [0.3, 0.4) is 0 Å². The molecule has 0 radical (unpaired) electrons. The van der Waals surface area contributed by atoms with E-state index in [4.69, 9.17) is 0 Å². The van der Waals surface area contributed by atoms with Gasteiger partial charge in [-0.05, 0) is 35.2 Å². The van der Waals surface area contributed by atoms with E-state index in [1.165, 1.54) is 12.1 Å². The molecule has 0 heterocycles. The molecule has 3 aromatic carbocycles. The van der Waals surface area contributed by atoms with Gasteiger partial charge in [0.25, 0.3) is 0 Å². The van der Waals surface area contributed by atoms with Gasteiger partial charge in [-0.3, -0.25) is 4.79 Å². The fraction of sp³-hybridized carbons (Fsp3) is 0.231. The first-order chi connectivity index (χ1) is 14.9. The van der Waals surface area contributed by atoms with Gasteiger partial charge in [0.2, 0.25) is 5.91 Å². The van der Waals surface area contributed by atoms with Gasteiger partial charge >= 0.3 is 5.97 Å². The number of carbonyl (C=O) groups excluding carboxylic acids is 1. The largest absolute Gasteiger partial charge is 0.508 e. The highest BCUT2D eigenvalue weighted by molar-refractivity contribution is 5.88. The molecule has 0 fully saturated rings. The van der Waals surface area contributed by atoms with Crippen LogP contribution in [0, 0.1) is 0 Å². The molecule has 5 heteroatoms. The van der Waals surface area contributed by atoms with Crippen molar-refractivity contribution < 1.29 is 19.8 Å². The van der Waals surface area contributed by atoms with Crippen molar-refractivity contribution in [2.24, 2.45) is 0 Å². The number of carboxylic acids is 1. The van der Waals surface area contributed by atoms with E-state index in [0.717, 1.165) is 16.7 Å². The molecular weight excluding hydrogens is 390 g/mol. The minimum absolute atomic E-state index is 0.110. The van der Waals surface area contributed by atoms with Crippen LogP contribution >= 0.6 is 0 Å². The number of carboxylic acid groups (broad SMARTS) is 1. The Bertz CT molecular complexity index is 963. The Morgan fingerprint density at radius 1 is 0.871 bits per heavy atom. The SMILES string of the molecule is CCC(Cc1ccc(O)cc1)(NC(=O)CC(c1ccccc1)c1ccccc1)C(=O)O. The third-order valence-corrected chi connectivity index (χ3v) is 5.63. The summed E-state index contributed by atoms with van der Waals surface area (Å²) in [5, 5.41) is 22.3. The highest BCUT2D eigenvalue weighted by atomic mass is 16.4. The van der Waals surface area contributed by atoms with Gasteiger partial charge in [-0.2, -0.15) is 0 Å². The van der Waals surface area contributed by atoms with Crippen molar-refractivity contribution >= 4 is 11.9 Å². The monoisotopic (exact) mass is 417 g/mol. The van der Waals surface area contributed by atoms with Crippen molar-refractivity contribution in [3.05, 3.63) is 102 Å². The molecule has 3 rings (SSSR count). The molecule has 3 N–H and O–H groups in total. The number of phenolic OH excluding ortho intramolecular Hbond substituents is 1. The molecule has 0 aromatic heterocycles. The van der Waals surface area contributed by atoms with Gasteiger partial charge in [0.15, 0.2) is 0 Å². The molecule has 0 aliphatic carbocycles. The Morgan fingerprint density at radius 3 is 1.84 bits per heavy atom. The fourth-order valence-corrected chi connectivity index (χ4v) is 3.80. The lowest BCUT2D eigenvalue weighted by molar-refractivity contribution is -0.148. The Labute approximate surface area is 182 Å². The van der Waals surface area contributed by atoms with Gasteiger partial charge in [0, 0.05) is 18.8 Å². The Kier molecular flexibility index (Phi) is 7.08. The molecule has 31 heavy (non-hydrogen) atoms. The summed E-state index contributed by atoms with van der Waals surface area (Å²) in [6.07, 6.45) is 0.501. The summed E-state index contributed by atoms with van der Waals surface area (Å²) in [6, 6.07) is 25.9. The van der Waals surface area contributed by atoms with Crippen molar-refractivity contribution in [3.63, 3.8) is 0 Å². The molecule has 3 aromatic rings. The molecule has 0 saturated carbocycles. The van der Waals surface area contributed by atoms with E-state index >= 15 is 0 Å². The maximum atomic E-state index is 13.1. The number of carbonyl (C=O) groups is 2. The summed E-state index contributed by atoms with van der Waals surface area (Å²) in [5.74, 6) is -1.47. The van der Waals surface area contributed by atoms with Crippen molar-refractivity contribution in [3.8, 4) is 5.75 Å². The van der Waals surface area contributed by atoms with Crippen molar-refractivity contribution in [1.29, 1.82) is 0 Å². The van der Waals surface area contributed by atoms with Crippen molar-refractivity contribution in [2.75, 3.05) is 0 Å². The van der Waals surface area contributed by atoms with Gasteiger partial charge in [0.05, 0.1) is 0 Å². The standard InChI is InChI=1S/C26H27NO4/c1-2-26(25(30)31,18-19-13-15-22(28)16-14-19)27-24(29)17-23(20-9-5-3-6-10-20)21-11-7-4-8-12-21/h3-16,23,28H,2,17-18H2,1H3,(H,27,29)(H,30,31). The van der Waals surface area contributed by atoms with E-state index in [-0.39, 0.29) is 36.8 Å². The predicted octanol–water partition coefficient (Wildman–Crippen LogP) is 4.51. The van der Waals surface area contributed by atoms with Crippen LogP contribution in [-0.2, 0) is 16.0 Å². The second-order valence-corrected chi connectivity index (χ2v) is 7.71. The molecule has 0 spiro atoms. The van der Waals surface area contributed by atoms with E-state index in [1.807, 2.05) is 60.7 Å². The van der Waals surface area contributed by atoms with E-state index in [0.29, 0.717) is 0 Å². The summed E-state index contributed by atoms with van der Waals surface area (Å²) < 4.78 is 0. The van der Waals surface area contributed by atoms with Crippen LogP contribution in [0.15, 0.2) is 84.9 Å². The topological polar surface area (TPSA) is 86.6 Å². The maximum absolute atomic E-state index is 13.1. The number of aliphatic carboxylic acids is 1. The first-order valence-electron chi connectivity index (χ1n) is 10.4. The zero-order valence-electron chi connectivity index (χ0n) is 17.5.